The number of nitrogens with zero attached hydrogens (tertiary/aromatic N) is 2. The molecule has 0 bridgehead atoms. The van der Waals surface area contributed by atoms with Gasteiger partial charge in [-0.05, 0) is 18.9 Å². The van der Waals surface area contributed by atoms with Crippen LogP contribution in [-0.4, -0.2) is 18.0 Å². The third-order valence-electron chi connectivity index (χ3n) is 3.24. The Morgan fingerprint density at radius 3 is 2.39 bits per heavy atom. The van der Waals surface area contributed by atoms with Crippen LogP contribution in [0.5, 0.6) is 0 Å². The number of nitrogen functional groups attached to an aromatic ring is 1. The third-order valence-corrected chi connectivity index (χ3v) is 3.24. The van der Waals surface area contributed by atoms with Gasteiger partial charge in [0.15, 0.2) is 5.82 Å². The second-order valence-electron chi connectivity index (χ2n) is 4.52. The van der Waals surface area contributed by atoms with Crippen LogP contribution in [0, 0.1) is 15.9 Å². The van der Waals surface area contributed by atoms with E-state index in [1.165, 1.54) is 6.07 Å². The highest BCUT2D eigenvalue weighted by Gasteiger charge is 2.20. The lowest BCUT2D eigenvalue weighted by Gasteiger charge is -2.23. The maximum atomic E-state index is 13.9. The lowest BCUT2D eigenvalue weighted by molar-refractivity contribution is -0.384. The van der Waals surface area contributed by atoms with Gasteiger partial charge in [-0.25, -0.2) is 4.39 Å². The molecule has 1 aromatic rings. The number of hydrogen-bond donors (Lipinski definition) is 1. The second-order valence-corrected chi connectivity index (χ2v) is 4.52. The molecule has 0 amide bonds. The van der Waals surface area contributed by atoms with Gasteiger partial charge < -0.3 is 10.6 Å². The van der Waals surface area contributed by atoms with Gasteiger partial charge in [0.1, 0.15) is 5.69 Å². The van der Waals surface area contributed by atoms with Gasteiger partial charge in [-0.2, -0.15) is 0 Å². The van der Waals surface area contributed by atoms with Crippen LogP contribution in [0.1, 0.15) is 25.7 Å². The van der Waals surface area contributed by atoms with E-state index in [0.29, 0.717) is 5.69 Å². The molecule has 2 rings (SSSR count). The number of halogens is 1. The van der Waals surface area contributed by atoms with Gasteiger partial charge in [0.05, 0.1) is 16.7 Å². The summed E-state index contributed by atoms with van der Waals surface area (Å²) in [6.07, 6.45) is 4.30. The van der Waals surface area contributed by atoms with E-state index in [2.05, 4.69) is 0 Å². The van der Waals surface area contributed by atoms with E-state index in [-0.39, 0.29) is 11.4 Å². The molecule has 1 saturated heterocycles. The highest BCUT2D eigenvalue weighted by molar-refractivity contribution is 5.67. The van der Waals surface area contributed by atoms with Crippen molar-refractivity contribution in [2.24, 2.45) is 0 Å². The molecule has 1 aliphatic heterocycles. The van der Waals surface area contributed by atoms with Crippen LogP contribution in [0.4, 0.5) is 21.5 Å². The molecule has 0 radical (unpaired) electrons. The second kappa shape index (κ2) is 5.20. The maximum Gasteiger partial charge on any atom is 0.295 e. The predicted octanol–water partition coefficient (Wildman–Crippen LogP) is 2.70. The van der Waals surface area contributed by atoms with Crippen LogP contribution in [0.2, 0.25) is 0 Å². The standard InChI is InChI=1S/C12H16FN3O2/c13-9-7-12(16(17)18)10(14)8-11(9)15-5-3-1-2-4-6-15/h7-8H,1-6,14H2. The predicted molar refractivity (Wildman–Crippen MR) is 68.1 cm³/mol. The van der Waals surface area contributed by atoms with Crippen LogP contribution < -0.4 is 10.6 Å². The summed E-state index contributed by atoms with van der Waals surface area (Å²) in [6, 6.07) is 2.29. The van der Waals surface area contributed by atoms with Gasteiger partial charge in [-0.1, -0.05) is 12.8 Å². The SMILES string of the molecule is Nc1cc(N2CCCCCC2)c(F)cc1[N+](=O)[O-]. The molecular formula is C12H16FN3O2. The molecule has 1 fully saturated rings. The van der Waals surface area contributed by atoms with Crippen LogP contribution in [-0.2, 0) is 0 Å². The first-order valence-electron chi connectivity index (χ1n) is 6.08. The molecule has 0 aromatic heterocycles. The zero-order valence-corrected chi connectivity index (χ0v) is 10.1. The lowest BCUT2D eigenvalue weighted by atomic mass is 10.2. The van der Waals surface area contributed by atoms with Crippen molar-refractivity contribution in [3.05, 3.63) is 28.1 Å². The monoisotopic (exact) mass is 253 g/mol. The van der Waals surface area contributed by atoms with Crippen molar-refractivity contribution in [2.45, 2.75) is 25.7 Å². The average molecular weight is 253 g/mol. The number of nitro benzene ring substituents is 1. The molecular weight excluding hydrogens is 237 g/mol. The Hall–Kier alpha value is -1.85. The number of nitro groups is 1. The molecule has 5 nitrogen and oxygen atoms in total. The lowest BCUT2D eigenvalue weighted by Crippen LogP contribution is -2.25. The average Bonchev–Trinajstić information content (AvgIpc) is 2.60. The van der Waals surface area contributed by atoms with Crippen molar-refractivity contribution in [1.29, 1.82) is 0 Å². The molecule has 98 valence electrons. The largest absolute Gasteiger partial charge is 0.393 e. The van der Waals surface area contributed by atoms with Crippen molar-refractivity contribution in [2.75, 3.05) is 23.7 Å². The normalized spacial score (nSPS) is 16.4. The first-order chi connectivity index (χ1) is 8.59. The van der Waals surface area contributed by atoms with Gasteiger partial charge >= 0.3 is 0 Å². The summed E-state index contributed by atoms with van der Waals surface area (Å²) >= 11 is 0. The Labute approximate surface area is 105 Å². The zero-order valence-electron chi connectivity index (χ0n) is 10.1. The minimum Gasteiger partial charge on any atom is -0.393 e. The van der Waals surface area contributed by atoms with Gasteiger partial charge in [-0.15, -0.1) is 0 Å². The van der Waals surface area contributed by atoms with Crippen LogP contribution in [0.3, 0.4) is 0 Å². The van der Waals surface area contributed by atoms with Crippen molar-refractivity contribution in [3.63, 3.8) is 0 Å². The fraction of sp³-hybridized carbons (Fsp3) is 0.500. The molecule has 1 aliphatic rings. The molecule has 2 N–H and O–H groups in total. The summed E-state index contributed by atoms with van der Waals surface area (Å²) in [4.78, 5) is 11.9. The van der Waals surface area contributed by atoms with Gasteiger partial charge in [0.2, 0.25) is 0 Å². The fourth-order valence-electron chi connectivity index (χ4n) is 2.28. The first-order valence-corrected chi connectivity index (χ1v) is 6.08. The van der Waals surface area contributed by atoms with E-state index in [1.807, 2.05) is 4.90 Å². The van der Waals surface area contributed by atoms with E-state index in [1.54, 1.807) is 0 Å². The fourth-order valence-corrected chi connectivity index (χ4v) is 2.28. The molecule has 6 heteroatoms. The molecule has 0 saturated carbocycles. The summed E-state index contributed by atoms with van der Waals surface area (Å²) in [6.45, 7) is 1.54. The summed E-state index contributed by atoms with van der Waals surface area (Å²) in [7, 11) is 0. The number of benzene rings is 1. The minimum atomic E-state index is -0.662. The highest BCUT2D eigenvalue weighted by Crippen LogP contribution is 2.31. The topological polar surface area (TPSA) is 72.4 Å². The van der Waals surface area contributed by atoms with Crippen molar-refractivity contribution >= 4 is 17.1 Å². The van der Waals surface area contributed by atoms with Crippen molar-refractivity contribution < 1.29 is 9.31 Å². The molecule has 0 unspecified atom stereocenters. The Morgan fingerprint density at radius 1 is 1.22 bits per heavy atom. The summed E-state index contributed by atoms with van der Waals surface area (Å²) < 4.78 is 13.9. The molecule has 1 aromatic carbocycles. The van der Waals surface area contributed by atoms with E-state index >= 15 is 0 Å². The number of nitrogens with two attached hydrogens (primary N) is 1. The van der Waals surface area contributed by atoms with Gasteiger partial charge in [0.25, 0.3) is 5.69 Å². The molecule has 0 spiro atoms. The highest BCUT2D eigenvalue weighted by atomic mass is 19.1. The van der Waals surface area contributed by atoms with Gasteiger partial charge in [-0.3, -0.25) is 10.1 Å². The molecule has 18 heavy (non-hydrogen) atoms. The van der Waals surface area contributed by atoms with Crippen LogP contribution in [0.15, 0.2) is 12.1 Å². The Morgan fingerprint density at radius 2 is 1.83 bits per heavy atom. The Balaban J connectivity index is 2.33. The molecule has 0 aliphatic carbocycles. The Kier molecular flexibility index (Phi) is 3.64. The quantitative estimate of drug-likeness (QED) is 0.499. The van der Waals surface area contributed by atoms with E-state index in [9.17, 15) is 14.5 Å². The van der Waals surface area contributed by atoms with Crippen LogP contribution >= 0.6 is 0 Å². The minimum absolute atomic E-state index is 0.0145. The number of hydrogen-bond acceptors (Lipinski definition) is 4. The van der Waals surface area contributed by atoms with E-state index < -0.39 is 10.7 Å². The third kappa shape index (κ3) is 2.52. The summed E-state index contributed by atoms with van der Waals surface area (Å²) in [5, 5.41) is 10.7. The van der Waals surface area contributed by atoms with Crippen molar-refractivity contribution in [3.8, 4) is 0 Å². The van der Waals surface area contributed by atoms with Gasteiger partial charge in [0, 0.05) is 13.1 Å². The first kappa shape index (κ1) is 12.6. The zero-order chi connectivity index (χ0) is 13.1. The Bertz CT molecular complexity index is 457. The number of anilines is 2. The molecule has 1 heterocycles. The summed E-state index contributed by atoms with van der Waals surface area (Å²) in [5.74, 6) is -0.571. The maximum absolute atomic E-state index is 13.9. The van der Waals surface area contributed by atoms with Crippen LogP contribution in [0.25, 0.3) is 0 Å². The summed E-state index contributed by atoms with van der Waals surface area (Å²) in [5.41, 5.74) is 5.62. The van der Waals surface area contributed by atoms with Crippen molar-refractivity contribution in [1.82, 2.24) is 0 Å². The van der Waals surface area contributed by atoms with E-state index in [4.69, 9.17) is 5.73 Å². The molecule has 0 atom stereocenters. The number of rotatable bonds is 2. The van der Waals surface area contributed by atoms with E-state index in [0.717, 1.165) is 44.8 Å². The smallest absolute Gasteiger partial charge is 0.295 e.